The summed E-state index contributed by atoms with van der Waals surface area (Å²) in [4.78, 5) is 26.8. The van der Waals surface area contributed by atoms with E-state index in [9.17, 15) is 14.9 Å². The highest BCUT2D eigenvalue weighted by Gasteiger charge is 2.09. The number of unbranched alkanes of at least 4 members (excludes halogenated alkanes) is 3. The van der Waals surface area contributed by atoms with Gasteiger partial charge in [0, 0.05) is 18.6 Å². The monoisotopic (exact) mass is 382 g/mol. The summed E-state index contributed by atoms with van der Waals surface area (Å²) in [5.41, 5.74) is 3.59. The number of oxime groups is 1. The van der Waals surface area contributed by atoms with Gasteiger partial charge in [0.1, 0.15) is 0 Å². The van der Waals surface area contributed by atoms with Gasteiger partial charge in [-0.25, -0.2) is 4.79 Å². The fraction of sp³-hybridized carbons (Fsp3) is 0.364. The van der Waals surface area contributed by atoms with Gasteiger partial charge in [-0.2, -0.15) is 0 Å². The molecular weight excluding hydrogens is 356 g/mol. The van der Waals surface area contributed by atoms with Crippen LogP contribution in [0.1, 0.15) is 57.9 Å². The molecular formula is C22H26N2O4. The Bertz CT molecular complexity index is 811. The SMILES string of the molecule is CCCCCCC(=NOC(=O)CC)c1ccc(-c2ccc([N+](=O)[O-])cc2)cc1. The molecule has 6 nitrogen and oxygen atoms in total. The second-order valence-corrected chi connectivity index (χ2v) is 6.55. The van der Waals surface area contributed by atoms with Gasteiger partial charge in [-0.15, -0.1) is 0 Å². The Kier molecular flexibility index (Phi) is 8.34. The van der Waals surface area contributed by atoms with E-state index in [1.54, 1.807) is 19.1 Å². The van der Waals surface area contributed by atoms with Crippen molar-refractivity contribution in [3.8, 4) is 11.1 Å². The fourth-order valence-electron chi connectivity index (χ4n) is 2.76. The Balaban J connectivity index is 2.16. The lowest BCUT2D eigenvalue weighted by molar-refractivity contribution is -0.384. The molecule has 0 aliphatic rings. The predicted octanol–water partition coefficient (Wildman–Crippen LogP) is 5.89. The first-order valence-corrected chi connectivity index (χ1v) is 9.67. The number of hydrogen-bond donors (Lipinski definition) is 0. The van der Waals surface area contributed by atoms with Gasteiger partial charge in [-0.3, -0.25) is 10.1 Å². The molecule has 0 aromatic heterocycles. The maximum absolute atomic E-state index is 11.5. The molecule has 0 saturated heterocycles. The molecule has 0 spiro atoms. The first-order chi connectivity index (χ1) is 13.5. The summed E-state index contributed by atoms with van der Waals surface area (Å²) in [6.07, 6.45) is 5.44. The number of carbonyl (C=O) groups is 1. The summed E-state index contributed by atoms with van der Waals surface area (Å²) in [6.45, 7) is 3.90. The molecule has 0 bridgehead atoms. The third-order valence-corrected chi connectivity index (χ3v) is 4.44. The number of nitrogens with zero attached hydrogens (tertiary/aromatic N) is 2. The van der Waals surface area contributed by atoms with Crippen molar-refractivity contribution >= 4 is 17.4 Å². The first kappa shape index (κ1) is 21.3. The third kappa shape index (κ3) is 6.30. The second-order valence-electron chi connectivity index (χ2n) is 6.55. The summed E-state index contributed by atoms with van der Waals surface area (Å²) < 4.78 is 0. The van der Waals surface area contributed by atoms with Crippen LogP contribution in [-0.4, -0.2) is 16.6 Å². The van der Waals surface area contributed by atoms with Gasteiger partial charge in [-0.05, 0) is 41.7 Å². The third-order valence-electron chi connectivity index (χ3n) is 4.44. The molecule has 0 saturated carbocycles. The van der Waals surface area contributed by atoms with Crippen LogP contribution in [0.25, 0.3) is 11.1 Å². The molecule has 0 N–H and O–H groups in total. The number of benzene rings is 2. The normalized spacial score (nSPS) is 11.3. The molecule has 0 heterocycles. The van der Waals surface area contributed by atoms with Crippen LogP contribution in [0.5, 0.6) is 0 Å². The van der Waals surface area contributed by atoms with Crippen molar-refractivity contribution in [2.45, 2.75) is 52.4 Å². The van der Waals surface area contributed by atoms with Crippen molar-refractivity contribution in [3.05, 3.63) is 64.2 Å². The smallest absolute Gasteiger partial charge is 0.318 e. The molecule has 0 atom stereocenters. The van der Waals surface area contributed by atoms with E-state index in [-0.39, 0.29) is 18.1 Å². The number of non-ortho nitro benzene ring substituents is 1. The molecule has 0 fully saturated rings. The van der Waals surface area contributed by atoms with Crippen molar-refractivity contribution in [3.63, 3.8) is 0 Å². The molecule has 0 aliphatic heterocycles. The van der Waals surface area contributed by atoms with Crippen molar-refractivity contribution in [1.29, 1.82) is 0 Å². The van der Waals surface area contributed by atoms with Gasteiger partial charge < -0.3 is 4.84 Å². The average molecular weight is 382 g/mol. The quantitative estimate of drug-likeness (QED) is 0.169. The Hall–Kier alpha value is -3.02. The summed E-state index contributed by atoms with van der Waals surface area (Å²) in [5, 5.41) is 14.9. The molecule has 0 aliphatic carbocycles. The van der Waals surface area contributed by atoms with E-state index in [1.807, 2.05) is 24.3 Å². The predicted molar refractivity (Wildman–Crippen MR) is 110 cm³/mol. The minimum atomic E-state index is -0.411. The summed E-state index contributed by atoms with van der Waals surface area (Å²) in [7, 11) is 0. The zero-order valence-corrected chi connectivity index (χ0v) is 16.4. The van der Waals surface area contributed by atoms with Gasteiger partial charge in [0.2, 0.25) is 0 Å². The standard InChI is InChI=1S/C22H26N2O4/c1-3-5-6-7-8-21(23-28-22(25)4-2)19-11-9-17(10-12-19)18-13-15-20(16-14-18)24(26)27/h9-16H,3-8H2,1-2H3. The van der Waals surface area contributed by atoms with Gasteiger partial charge in [-0.1, -0.05) is 62.5 Å². The van der Waals surface area contributed by atoms with Crippen LogP contribution >= 0.6 is 0 Å². The topological polar surface area (TPSA) is 81.8 Å². The molecule has 6 heteroatoms. The first-order valence-electron chi connectivity index (χ1n) is 9.67. The van der Waals surface area contributed by atoms with E-state index in [2.05, 4.69) is 12.1 Å². The van der Waals surface area contributed by atoms with Crippen molar-refractivity contribution < 1.29 is 14.6 Å². The lowest BCUT2D eigenvalue weighted by atomic mass is 9.99. The summed E-state index contributed by atoms with van der Waals surface area (Å²) >= 11 is 0. The van der Waals surface area contributed by atoms with E-state index in [0.717, 1.165) is 48.1 Å². The minimum Gasteiger partial charge on any atom is -0.318 e. The number of carbonyl (C=O) groups excluding carboxylic acids is 1. The molecule has 148 valence electrons. The van der Waals surface area contributed by atoms with Crippen LogP contribution < -0.4 is 0 Å². The van der Waals surface area contributed by atoms with Gasteiger partial charge in [0.15, 0.2) is 0 Å². The summed E-state index contributed by atoms with van der Waals surface area (Å²) in [6, 6.07) is 14.2. The largest absolute Gasteiger partial charge is 0.334 e. The molecule has 28 heavy (non-hydrogen) atoms. The van der Waals surface area contributed by atoms with Crippen LogP contribution in [0.4, 0.5) is 5.69 Å². The maximum atomic E-state index is 11.5. The van der Waals surface area contributed by atoms with Crippen molar-refractivity contribution in [2.24, 2.45) is 5.16 Å². The molecule has 2 aromatic carbocycles. The maximum Gasteiger partial charge on any atom is 0.334 e. The molecule has 0 unspecified atom stereocenters. The lowest BCUT2D eigenvalue weighted by Crippen LogP contribution is -2.05. The van der Waals surface area contributed by atoms with Gasteiger partial charge in [0.25, 0.3) is 5.69 Å². The average Bonchev–Trinajstić information content (AvgIpc) is 2.73. The van der Waals surface area contributed by atoms with Crippen molar-refractivity contribution in [1.82, 2.24) is 0 Å². The zero-order valence-electron chi connectivity index (χ0n) is 16.4. The van der Waals surface area contributed by atoms with Crippen LogP contribution in [-0.2, 0) is 9.63 Å². The molecule has 2 aromatic rings. The Morgan fingerprint density at radius 1 is 0.964 bits per heavy atom. The van der Waals surface area contributed by atoms with E-state index in [4.69, 9.17) is 4.84 Å². The lowest BCUT2D eigenvalue weighted by Gasteiger charge is -2.08. The molecule has 0 amide bonds. The minimum absolute atomic E-state index is 0.0691. The van der Waals surface area contributed by atoms with Crippen molar-refractivity contribution in [2.75, 3.05) is 0 Å². The van der Waals surface area contributed by atoms with Crippen LogP contribution in [0.2, 0.25) is 0 Å². The van der Waals surface area contributed by atoms with Crippen LogP contribution in [0.15, 0.2) is 53.7 Å². The number of hydrogen-bond acceptors (Lipinski definition) is 5. The Morgan fingerprint density at radius 3 is 2.11 bits per heavy atom. The highest BCUT2D eigenvalue weighted by Crippen LogP contribution is 2.23. The van der Waals surface area contributed by atoms with E-state index in [0.29, 0.717) is 0 Å². The Labute approximate surface area is 165 Å². The van der Waals surface area contributed by atoms with Crippen LogP contribution in [0, 0.1) is 10.1 Å². The molecule has 0 radical (unpaired) electrons. The van der Waals surface area contributed by atoms with E-state index in [1.165, 1.54) is 18.6 Å². The highest BCUT2D eigenvalue weighted by atomic mass is 16.7. The second kappa shape index (κ2) is 11.0. The number of nitro groups is 1. The van der Waals surface area contributed by atoms with E-state index >= 15 is 0 Å². The highest BCUT2D eigenvalue weighted by molar-refractivity contribution is 6.00. The van der Waals surface area contributed by atoms with Crippen LogP contribution in [0.3, 0.4) is 0 Å². The van der Waals surface area contributed by atoms with Gasteiger partial charge >= 0.3 is 5.97 Å². The Morgan fingerprint density at radius 2 is 1.57 bits per heavy atom. The summed E-state index contributed by atoms with van der Waals surface area (Å²) in [5.74, 6) is -0.353. The van der Waals surface area contributed by atoms with Gasteiger partial charge in [0.05, 0.1) is 10.6 Å². The molecule has 2 rings (SSSR count). The zero-order chi connectivity index (χ0) is 20.4. The number of rotatable bonds is 10. The number of nitro benzene ring substituents is 1. The fourth-order valence-corrected chi connectivity index (χ4v) is 2.76. The van der Waals surface area contributed by atoms with E-state index < -0.39 is 4.92 Å².